The summed E-state index contributed by atoms with van der Waals surface area (Å²) in [5.74, 6) is 0.656. The summed E-state index contributed by atoms with van der Waals surface area (Å²) in [6.07, 6.45) is 2.86. The highest BCUT2D eigenvalue weighted by atomic mass is 16.5. The number of carbonyl (C=O) groups is 1. The number of imidazole rings is 1. The smallest absolute Gasteiger partial charge is 0.329 e. The van der Waals surface area contributed by atoms with Crippen LogP contribution in [0.25, 0.3) is 11.0 Å². The van der Waals surface area contributed by atoms with Gasteiger partial charge in [0, 0.05) is 32.3 Å². The molecule has 0 radical (unpaired) electrons. The summed E-state index contributed by atoms with van der Waals surface area (Å²) in [4.78, 5) is 29.5. The maximum Gasteiger partial charge on any atom is 0.329 e. The number of nitrogens with one attached hydrogen (secondary N) is 1. The van der Waals surface area contributed by atoms with Gasteiger partial charge in [-0.3, -0.25) is 18.9 Å². The molecule has 4 aromatic rings. The van der Waals surface area contributed by atoms with Gasteiger partial charge < -0.3 is 10.1 Å². The van der Waals surface area contributed by atoms with Crippen molar-refractivity contribution in [3.05, 3.63) is 94.7 Å². The first-order valence-electron chi connectivity index (χ1n) is 11.2. The number of pyridine rings is 1. The van der Waals surface area contributed by atoms with E-state index in [-0.39, 0.29) is 18.0 Å². The fourth-order valence-corrected chi connectivity index (χ4v) is 3.77. The minimum absolute atomic E-state index is 0.0628. The number of benzene rings is 2. The quantitative estimate of drug-likeness (QED) is 0.403. The molecule has 0 saturated carbocycles. The number of hydrogen-bond acceptors (Lipinski definition) is 4. The minimum atomic E-state index is -0.0929. The number of fused-ring (bicyclic) bond motifs is 1. The lowest BCUT2D eigenvalue weighted by Crippen LogP contribution is -2.28. The average Bonchev–Trinajstić information content (AvgIpc) is 3.12. The standard InChI is InChI=1S/C26H28N4O3/c1-2-16-29-23-8-3-4-9-24(23)30(26(29)32)17-14-25(31)28-18-20-10-12-22(13-11-20)33-19-21-7-5-6-15-27-21/h3-13,15H,2,14,16-19H2,1H3,(H,28,31). The summed E-state index contributed by atoms with van der Waals surface area (Å²) >= 11 is 0. The number of ether oxygens (including phenoxy) is 1. The van der Waals surface area contributed by atoms with E-state index >= 15 is 0 Å². The highest BCUT2D eigenvalue weighted by molar-refractivity contribution is 5.78. The van der Waals surface area contributed by atoms with E-state index in [0.29, 0.717) is 26.2 Å². The molecule has 0 aliphatic heterocycles. The Morgan fingerprint density at radius 2 is 1.64 bits per heavy atom. The molecular formula is C26H28N4O3. The largest absolute Gasteiger partial charge is 0.487 e. The highest BCUT2D eigenvalue weighted by Crippen LogP contribution is 2.15. The number of carbonyl (C=O) groups excluding carboxylic acids is 1. The predicted octanol–water partition coefficient (Wildman–Crippen LogP) is 3.89. The Labute approximate surface area is 192 Å². The zero-order valence-electron chi connectivity index (χ0n) is 18.7. The molecule has 0 spiro atoms. The van der Waals surface area contributed by atoms with Gasteiger partial charge in [0.05, 0.1) is 16.7 Å². The number of aromatic nitrogens is 3. The first kappa shape index (κ1) is 22.3. The van der Waals surface area contributed by atoms with Crippen LogP contribution >= 0.6 is 0 Å². The molecule has 33 heavy (non-hydrogen) atoms. The van der Waals surface area contributed by atoms with E-state index in [4.69, 9.17) is 4.74 Å². The molecular weight excluding hydrogens is 416 g/mol. The van der Waals surface area contributed by atoms with Gasteiger partial charge in [-0.2, -0.15) is 0 Å². The van der Waals surface area contributed by atoms with Gasteiger partial charge in [0.25, 0.3) is 0 Å². The molecule has 0 bridgehead atoms. The van der Waals surface area contributed by atoms with Gasteiger partial charge in [-0.25, -0.2) is 4.79 Å². The van der Waals surface area contributed by atoms with E-state index in [2.05, 4.69) is 10.3 Å². The van der Waals surface area contributed by atoms with Crippen molar-refractivity contribution in [3.8, 4) is 5.75 Å². The maximum absolute atomic E-state index is 12.8. The number of amides is 1. The lowest BCUT2D eigenvalue weighted by atomic mass is 10.2. The first-order chi connectivity index (χ1) is 16.2. The zero-order valence-corrected chi connectivity index (χ0v) is 18.7. The van der Waals surface area contributed by atoms with Crippen LogP contribution in [0.3, 0.4) is 0 Å². The third kappa shape index (κ3) is 5.49. The summed E-state index contributed by atoms with van der Waals surface area (Å²) in [5.41, 5.74) is 3.56. The molecule has 1 N–H and O–H groups in total. The Balaban J connectivity index is 1.29. The molecule has 0 fully saturated rings. The second-order valence-corrected chi connectivity index (χ2v) is 7.85. The Kier molecular flexibility index (Phi) is 7.19. The molecule has 2 heterocycles. The van der Waals surface area contributed by atoms with Gasteiger partial charge in [-0.15, -0.1) is 0 Å². The van der Waals surface area contributed by atoms with Crippen molar-refractivity contribution in [3.63, 3.8) is 0 Å². The van der Waals surface area contributed by atoms with Crippen LogP contribution < -0.4 is 15.7 Å². The predicted molar refractivity (Wildman–Crippen MR) is 128 cm³/mol. The van der Waals surface area contributed by atoms with Gasteiger partial charge in [-0.05, 0) is 48.4 Å². The van der Waals surface area contributed by atoms with E-state index in [1.165, 1.54) is 0 Å². The number of aryl methyl sites for hydroxylation is 2. The lowest BCUT2D eigenvalue weighted by Gasteiger charge is -2.08. The van der Waals surface area contributed by atoms with E-state index in [1.54, 1.807) is 15.3 Å². The Bertz CT molecular complexity index is 1260. The molecule has 7 heteroatoms. The van der Waals surface area contributed by atoms with E-state index in [0.717, 1.165) is 34.5 Å². The van der Waals surface area contributed by atoms with Crippen LogP contribution in [0.15, 0.2) is 77.7 Å². The third-order valence-electron chi connectivity index (χ3n) is 5.46. The monoisotopic (exact) mass is 444 g/mol. The molecule has 0 unspecified atom stereocenters. The van der Waals surface area contributed by atoms with Crippen molar-refractivity contribution in [2.45, 2.75) is 46.0 Å². The highest BCUT2D eigenvalue weighted by Gasteiger charge is 2.13. The number of para-hydroxylation sites is 2. The van der Waals surface area contributed by atoms with Crippen LogP contribution in [0.5, 0.6) is 5.75 Å². The molecule has 2 aromatic carbocycles. The van der Waals surface area contributed by atoms with Crippen molar-refractivity contribution < 1.29 is 9.53 Å². The molecule has 0 aliphatic carbocycles. The van der Waals surface area contributed by atoms with Crippen molar-refractivity contribution in [1.82, 2.24) is 19.4 Å². The van der Waals surface area contributed by atoms with Gasteiger partial charge in [0.2, 0.25) is 5.91 Å². The van der Waals surface area contributed by atoms with Crippen LogP contribution in [0.2, 0.25) is 0 Å². The van der Waals surface area contributed by atoms with Gasteiger partial charge >= 0.3 is 5.69 Å². The van der Waals surface area contributed by atoms with Crippen molar-refractivity contribution in [2.24, 2.45) is 0 Å². The number of hydrogen-bond donors (Lipinski definition) is 1. The minimum Gasteiger partial charge on any atom is -0.487 e. The molecule has 170 valence electrons. The molecule has 2 aromatic heterocycles. The average molecular weight is 445 g/mol. The van der Waals surface area contributed by atoms with Gasteiger partial charge in [-0.1, -0.05) is 37.3 Å². The normalized spacial score (nSPS) is 10.9. The van der Waals surface area contributed by atoms with Crippen molar-refractivity contribution in [2.75, 3.05) is 0 Å². The van der Waals surface area contributed by atoms with Gasteiger partial charge in [0.15, 0.2) is 0 Å². The Morgan fingerprint density at radius 3 is 2.30 bits per heavy atom. The summed E-state index contributed by atoms with van der Waals surface area (Å²) in [6, 6.07) is 21.1. The van der Waals surface area contributed by atoms with Crippen LogP contribution in [-0.4, -0.2) is 20.0 Å². The second-order valence-electron chi connectivity index (χ2n) is 7.85. The molecule has 1 amide bonds. The molecule has 4 rings (SSSR count). The lowest BCUT2D eigenvalue weighted by molar-refractivity contribution is -0.121. The molecule has 0 saturated heterocycles. The number of rotatable bonds is 10. The Hall–Kier alpha value is -3.87. The van der Waals surface area contributed by atoms with Gasteiger partial charge in [0.1, 0.15) is 12.4 Å². The fourth-order valence-electron chi connectivity index (χ4n) is 3.77. The summed E-state index contributed by atoms with van der Waals surface area (Å²) < 4.78 is 9.22. The topological polar surface area (TPSA) is 78.2 Å². The van der Waals surface area contributed by atoms with Crippen molar-refractivity contribution >= 4 is 16.9 Å². The molecule has 7 nitrogen and oxygen atoms in total. The number of nitrogens with zero attached hydrogens (tertiary/aromatic N) is 3. The molecule has 0 aliphatic rings. The van der Waals surface area contributed by atoms with Crippen LogP contribution in [0, 0.1) is 0 Å². The third-order valence-corrected chi connectivity index (χ3v) is 5.46. The van der Waals surface area contributed by atoms with Crippen LogP contribution in [0.4, 0.5) is 0 Å². The first-order valence-corrected chi connectivity index (χ1v) is 11.2. The van der Waals surface area contributed by atoms with Crippen LogP contribution in [0.1, 0.15) is 31.0 Å². The van der Waals surface area contributed by atoms with E-state index < -0.39 is 0 Å². The summed E-state index contributed by atoms with van der Waals surface area (Å²) in [7, 11) is 0. The second kappa shape index (κ2) is 10.6. The van der Waals surface area contributed by atoms with E-state index in [1.807, 2.05) is 73.7 Å². The SMILES string of the molecule is CCCn1c(=O)n(CCC(=O)NCc2ccc(OCc3ccccn3)cc2)c2ccccc21. The van der Waals surface area contributed by atoms with Crippen LogP contribution in [-0.2, 0) is 31.0 Å². The molecule has 0 atom stereocenters. The Morgan fingerprint density at radius 1 is 0.939 bits per heavy atom. The maximum atomic E-state index is 12.8. The summed E-state index contributed by atoms with van der Waals surface area (Å²) in [6.45, 7) is 3.89. The zero-order chi connectivity index (χ0) is 23.0. The van der Waals surface area contributed by atoms with Crippen molar-refractivity contribution in [1.29, 1.82) is 0 Å². The fraction of sp³-hybridized carbons (Fsp3) is 0.269. The van der Waals surface area contributed by atoms with E-state index in [9.17, 15) is 9.59 Å². The summed E-state index contributed by atoms with van der Waals surface area (Å²) in [5, 5.41) is 2.93.